The molecule has 2 rings (SSSR count). The van der Waals surface area contributed by atoms with Crippen molar-refractivity contribution in [3.05, 3.63) is 34.4 Å². The Balaban J connectivity index is 2.34. The number of hydrogen-bond acceptors (Lipinski definition) is 6. The van der Waals surface area contributed by atoms with E-state index in [4.69, 9.17) is 10.8 Å². The Morgan fingerprint density at radius 1 is 1.48 bits per heavy atom. The molecule has 1 aromatic rings. The number of rotatable bonds is 4. The van der Waals surface area contributed by atoms with Gasteiger partial charge in [0.25, 0.3) is 5.69 Å². The molecule has 1 unspecified atom stereocenters. The zero-order valence-corrected chi connectivity index (χ0v) is 11.6. The lowest BCUT2D eigenvalue weighted by atomic mass is 10.0. The van der Waals surface area contributed by atoms with Crippen LogP contribution in [0, 0.1) is 10.1 Å². The number of benzene rings is 1. The molecule has 0 bridgehead atoms. The molecule has 1 saturated heterocycles. The number of aliphatic carboxylic acids is 1. The van der Waals surface area contributed by atoms with Gasteiger partial charge in [-0.25, -0.2) is 8.42 Å². The van der Waals surface area contributed by atoms with E-state index < -0.39 is 26.5 Å². The molecule has 3 N–H and O–H groups in total. The highest BCUT2D eigenvalue weighted by Crippen LogP contribution is 2.27. The van der Waals surface area contributed by atoms with E-state index in [2.05, 4.69) is 0 Å². The first-order valence-corrected chi connectivity index (χ1v) is 7.38. The number of carboxylic acid groups (broad SMARTS) is 1. The SMILES string of the molecule is NC1(C(=O)O)CCN(S(=O)(=O)c2cccc([N+](=O)[O-])c2)C1. The summed E-state index contributed by atoms with van der Waals surface area (Å²) in [4.78, 5) is 20.8. The molecular weight excluding hydrogens is 302 g/mol. The second-order valence-corrected chi connectivity index (χ2v) is 6.74. The van der Waals surface area contributed by atoms with E-state index in [9.17, 15) is 23.3 Å². The van der Waals surface area contributed by atoms with Crippen molar-refractivity contribution in [2.45, 2.75) is 16.9 Å². The van der Waals surface area contributed by atoms with Crippen LogP contribution in [0.3, 0.4) is 0 Å². The van der Waals surface area contributed by atoms with Crippen LogP contribution in [-0.4, -0.2) is 47.4 Å². The highest BCUT2D eigenvalue weighted by molar-refractivity contribution is 7.89. The predicted molar refractivity (Wildman–Crippen MR) is 71.0 cm³/mol. The predicted octanol–water partition coefficient (Wildman–Crippen LogP) is -0.229. The normalized spacial score (nSPS) is 23.1. The van der Waals surface area contributed by atoms with Gasteiger partial charge in [0.1, 0.15) is 5.54 Å². The lowest BCUT2D eigenvalue weighted by Crippen LogP contribution is -2.50. The molecule has 0 radical (unpaired) electrons. The lowest BCUT2D eigenvalue weighted by molar-refractivity contribution is -0.385. The van der Waals surface area contributed by atoms with Gasteiger partial charge in [-0.2, -0.15) is 4.31 Å². The first-order chi connectivity index (χ1) is 9.67. The van der Waals surface area contributed by atoms with Crippen molar-refractivity contribution in [1.29, 1.82) is 0 Å². The van der Waals surface area contributed by atoms with Gasteiger partial charge in [-0.1, -0.05) is 6.07 Å². The Kier molecular flexibility index (Phi) is 3.70. The second kappa shape index (κ2) is 5.06. The third-order valence-corrected chi connectivity index (χ3v) is 5.20. The van der Waals surface area contributed by atoms with Gasteiger partial charge in [0.15, 0.2) is 0 Å². The average Bonchev–Trinajstić information content (AvgIpc) is 2.84. The van der Waals surface area contributed by atoms with Crippen LogP contribution in [0.2, 0.25) is 0 Å². The Labute approximate surface area is 120 Å². The highest BCUT2D eigenvalue weighted by Gasteiger charge is 2.45. The maximum atomic E-state index is 12.4. The monoisotopic (exact) mass is 315 g/mol. The van der Waals surface area contributed by atoms with Gasteiger partial charge in [0.2, 0.25) is 10.0 Å². The van der Waals surface area contributed by atoms with Crippen molar-refractivity contribution >= 4 is 21.7 Å². The molecule has 1 fully saturated rings. The molecule has 0 saturated carbocycles. The van der Waals surface area contributed by atoms with Crippen LogP contribution in [0.15, 0.2) is 29.2 Å². The van der Waals surface area contributed by atoms with E-state index in [1.54, 1.807) is 0 Å². The standard InChI is InChI=1S/C11H13N3O6S/c12-11(10(15)16)4-5-13(7-11)21(19,20)9-3-1-2-8(6-9)14(17)18/h1-3,6H,4-5,7,12H2,(H,15,16). The Morgan fingerprint density at radius 2 is 2.14 bits per heavy atom. The van der Waals surface area contributed by atoms with Gasteiger partial charge in [-0.05, 0) is 12.5 Å². The minimum absolute atomic E-state index is 0.0174. The van der Waals surface area contributed by atoms with Gasteiger partial charge in [0, 0.05) is 25.2 Å². The van der Waals surface area contributed by atoms with Crippen molar-refractivity contribution in [3.8, 4) is 0 Å². The van der Waals surface area contributed by atoms with Crippen LogP contribution in [-0.2, 0) is 14.8 Å². The molecule has 0 spiro atoms. The largest absolute Gasteiger partial charge is 0.480 e. The third-order valence-electron chi connectivity index (χ3n) is 3.36. The molecule has 1 atom stereocenters. The summed E-state index contributed by atoms with van der Waals surface area (Å²) >= 11 is 0. The zero-order chi connectivity index (χ0) is 15.8. The minimum Gasteiger partial charge on any atom is -0.480 e. The van der Waals surface area contributed by atoms with Crippen molar-refractivity contribution in [1.82, 2.24) is 4.31 Å². The third kappa shape index (κ3) is 2.73. The molecule has 1 aliphatic heterocycles. The smallest absolute Gasteiger partial charge is 0.325 e. The molecule has 1 aromatic carbocycles. The Bertz CT molecular complexity index is 704. The second-order valence-electron chi connectivity index (χ2n) is 4.80. The summed E-state index contributed by atoms with van der Waals surface area (Å²) in [5, 5.41) is 19.7. The van der Waals surface area contributed by atoms with Crippen LogP contribution >= 0.6 is 0 Å². The van der Waals surface area contributed by atoms with Gasteiger partial charge in [-0.15, -0.1) is 0 Å². The molecule has 0 aromatic heterocycles. The van der Waals surface area contributed by atoms with Crippen LogP contribution in [0.5, 0.6) is 0 Å². The van der Waals surface area contributed by atoms with Crippen LogP contribution in [0.4, 0.5) is 5.69 Å². The van der Waals surface area contributed by atoms with E-state index in [1.165, 1.54) is 18.2 Å². The zero-order valence-electron chi connectivity index (χ0n) is 10.8. The molecule has 1 heterocycles. The maximum Gasteiger partial charge on any atom is 0.325 e. The highest BCUT2D eigenvalue weighted by atomic mass is 32.2. The number of nitrogens with two attached hydrogens (primary N) is 1. The summed E-state index contributed by atoms with van der Waals surface area (Å²) in [6.07, 6.45) is -0.0174. The van der Waals surface area contributed by atoms with Gasteiger partial charge < -0.3 is 10.8 Å². The average molecular weight is 315 g/mol. The fourth-order valence-electron chi connectivity index (χ4n) is 2.08. The maximum absolute atomic E-state index is 12.4. The summed E-state index contributed by atoms with van der Waals surface area (Å²) in [6, 6.07) is 4.59. The molecule has 114 valence electrons. The summed E-state index contributed by atoms with van der Waals surface area (Å²) in [6.45, 7) is -0.415. The van der Waals surface area contributed by atoms with Crippen LogP contribution in [0.25, 0.3) is 0 Å². The fourth-order valence-corrected chi connectivity index (χ4v) is 3.63. The molecule has 1 aliphatic rings. The van der Waals surface area contributed by atoms with Crippen molar-refractivity contribution in [3.63, 3.8) is 0 Å². The molecule has 21 heavy (non-hydrogen) atoms. The van der Waals surface area contributed by atoms with Crippen molar-refractivity contribution in [2.24, 2.45) is 5.73 Å². The van der Waals surface area contributed by atoms with E-state index in [1.807, 2.05) is 0 Å². The first-order valence-electron chi connectivity index (χ1n) is 5.94. The number of hydrogen-bond donors (Lipinski definition) is 2. The number of nitrogens with zero attached hydrogens (tertiary/aromatic N) is 2. The van der Waals surface area contributed by atoms with Gasteiger partial charge in [-0.3, -0.25) is 14.9 Å². The van der Waals surface area contributed by atoms with E-state index in [-0.39, 0.29) is 30.1 Å². The summed E-state index contributed by atoms with van der Waals surface area (Å²) in [7, 11) is -4.01. The number of nitro benzene ring substituents is 1. The number of nitro groups is 1. The summed E-state index contributed by atoms with van der Waals surface area (Å²) in [5.74, 6) is -1.28. The molecular formula is C11H13N3O6S. The molecule has 0 amide bonds. The van der Waals surface area contributed by atoms with Crippen molar-refractivity contribution in [2.75, 3.05) is 13.1 Å². The van der Waals surface area contributed by atoms with Gasteiger partial charge in [0.05, 0.1) is 9.82 Å². The fraction of sp³-hybridized carbons (Fsp3) is 0.364. The number of non-ortho nitro benzene ring substituents is 1. The number of sulfonamides is 1. The first kappa shape index (κ1) is 15.4. The lowest BCUT2D eigenvalue weighted by Gasteiger charge is -2.19. The molecule has 10 heteroatoms. The van der Waals surface area contributed by atoms with Crippen molar-refractivity contribution < 1.29 is 23.2 Å². The summed E-state index contributed by atoms with van der Waals surface area (Å²) < 4.78 is 25.7. The quantitative estimate of drug-likeness (QED) is 0.576. The van der Waals surface area contributed by atoms with E-state index in [0.717, 1.165) is 10.4 Å². The molecule has 9 nitrogen and oxygen atoms in total. The van der Waals surface area contributed by atoms with Crippen LogP contribution in [0.1, 0.15) is 6.42 Å². The van der Waals surface area contributed by atoms with Gasteiger partial charge >= 0.3 is 5.97 Å². The summed E-state index contributed by atoms with van der Waals surface area (Å²) in [5.41, 5.74) is 3.65. The number of carbonyl (C=O) groups is 1. The van der Waals surface area contributed by atoms with E-state index >= 15 is 0 Å². The van der Waals surface area contributed by atoms with Crippen LogP contribution < -0.4 is 5.73 Å². The molecule has 0 aliphatic carbocycles. The topological polar surface area (TPSA) is 144 Å². The Hall–Kier alpha value is -2.04. The van der Waals surface area contributed by atoms with E-state index in [0.29, 0.717) is 0 Å². The number of carboxylic acids is 1. The Morgan fingerprint density at radius 3 is 2.67 bits per heavy atom. The minimum atomic E-state index is -4.01.